The third-order valence-electron chi connectivity index (χ3n) is 2.47. The number of hydrazone groups is 1. The smallest absolute Gasteiger partial charge is 0.267 e. The summed E-state index contributed by atoms with van der Waals surface area (Å²) < 4.78 is 12.7. The number of carbonyl (C=O) groups is 1. The molecule has 6 heteroatoms. The number of hydrogen-bond acceptors (Lipinski definition) is 2. The zero-order chi connectivity index (χ0) is 14.5. The van der Waals surface area contributed by atoms with E-state index in [0.29, 0.717) is 21.2 Å². The van der Waals surface area contributed by atoms with Gasteiger partial charge in [-0.3, -0.25) is 4.79 Å². The van der Waals surface area contributed by atoms with Gasteiger partial charge in [-0.1, -0.05) is 29.3 Å². The lowest BCUT2D eigenvalue weighted by atomic mass is 10.2. The van der Waals surface area contributed by atoms with Crippen molar-refractivity contribution in [2.45, 2.75) is 0 Å². The third kappa shape index (κ3) is 3.56. The number of carbonyl (C=O) groups excluding carboxylic acids is 1. The van der Waals surface area contributed by atoms with Crippen LogP contribution in [0, 0.1) is 5.82 Å². The summed E-state index contributed by atoms with van der Waals surface area (Å²) >= 11 is 11.9. The number of nitrogens with zero attached hydrogens (tertiary/aromatic N) is 1. The minimum atomic E-state index is -0.454. The standard InChI is InChI=1S/C14H9Cl2FN2O/c15-12-2-1-3-13(16)11(12)8-18-19-14(20)9-4-6-10(17)7-5-9/h1-8H,(H,19,20)/b18-8+. The lowest BCUT2D eigenvalue weighted by Crippen LogP contribution is -2.17. The summed E-state index contributed by atoms with van der Waals surface area (Å²) in [5, 5.41) is 4.63. The fourth-order valence-corrected chi connectivity index (χ4v) is 1.95. The minimum absolute atomic E-state index is 0.300. The number of halogens is 3. The summed E-state index contributed by atoms with van der Waals surface area (Å²) in [7, 11) is 0. The molecule has 0 saturated heterocycles. The zero-order valence-corrected chi connectivity index (χ0v) is 11.6. The molecule has 2 aromatic rings. The highest BCUT2D eigenvalue weighted by atomic mass is 35.5. The van der Waals surface area contributed by atoms with Crippen LogP contribution in [0.2, 0.25) is 10.0 Å². The van der Waals surface area contributed by atoms with E-state index in [1.807, 2.05) is 0 Å². The molecular formula is C14H9Cl2FN2O. The van der Waals surface area contributed by atoms with E-state index in [9.17, 15) is 9.18 Å². The van der Waals surface area contributed by atoms with Crippen LogP contribution < -0.4 is 5.43 Å². The van der Waals surface area contributed by atoms with Gasteiger partial charge < -0.3 is 0 Å². The van der Waals surface area contributed by atoms with Crippen LogP contribution in [0.3, 0.4) is 0 Å². The lowest BCUT2D eigenvalue weighted by Gasteiger charge is -2.01. The first-order valence-electron chi connectivity index (χ1n) is 5.61. The maximum Gasteiger partial charge on any atom is 0.271 e. The molecule has 0 spiro atoms. The SMILES string of the molecule is O=C(N/N=C/c1c(Cl)cccc1Cl)c1ccc(F)cc1. The first kappa shape index (κ1) is 14.5. The van der Waals surface area contributed by atoms with Crippen LogP contribution in [-0.2, 0) is 0 Å². The molecule has 2 rings (SSSR count). The van der Waals surface area contributed by atoms with E-state index in [4.69, 9.17) is 23.2 Å². The molecular weight excluding hydrogens is 302 g/mol. The van der Waals surface area contributed by atoms with Gasteiger partial charge in [0.15, 0.2) is 0 Å². The topological polar surface area (TPSA) is 41.5 Å². The first-order valence-corrected chi connectivity index (χ1v) is 6.36. The van der Waals surface area contributed by atoms with E-state index in [1.54, 1.807) is 18.2 Å². The van der Waals surface area contributed by atoms with Crippen molar-refractivity contribution in [2.24, 2.45) is 5.10 Å². The second kappa shape index (κ2) is 6.50. The van der Waals surface area contributed by atoms with Crippen LogP contribution in [-0.4, -0.2) is 12.1 Å². The summed E-state index contributed by atoms with van der Waals surface area (Å²) in [6, 6.07) is 10.2. The molecule has 102 valence electrons. The van der Waals surface area contributed by atoms with Crippen LogP contribution in [0.5, 0.6) is 0 Å². The van der Waals surface area contributed by atoms with E-state index < -0.39 is 11.7 Å². The van der Waals surface area contributed by atoms with Crippen molar-refractivity contribution in [3.05, 3.63) is 69.5 Å². The second-order valence-electron chi connectivity index (χ2n) is 3.84. The largest absolute Gasteiger partial charge is 0.271 e. The van der Waals surface area contributed by atoms with Crippen molar-refractivity contribution in [3.63, 3.8) is 0 Å². The molecule has 0 aliphatic carbocycles. The molecule has 2 aromatic carbocycles. The Morgan fingerprint density at radius 2 is 1.70 bits per heavy atom. The van der Waals surface area contributed by atoms with Gasteiger partial charge in [0.25, 0.3) is 5.91 Å². The summed E-state index contributed by atoms with van der Waals surface area (Å²) in [4.78, 5) is 11.7. The maximum absolute atomic E-state index is 12.7. The van der Waals surface area contributed by atoms with E-state index in [-0.39, 0.29) is 0 Å². The molecule has 1 N–H and O–H groups in total. The fourth-order valence-electron chi connectivity index (χ4n) is 1.46. The van der Waals surface area contributed by atoms with Gasteiger partial charge in [0.05, 0.1) is 16.3 Å². The number of nitrogens with one attached hydrogen (secondary N) is 1. The summed E-state index contributed by atoms with van der Waals surface area (Å²) in [6.45, 7) is 0. The van der Waals surface area contributed by atoms with E-state index in [1.165, 1.54) is 30.5 Å². The summed E-state index contributed by atoms with van der Waals surface area (Å²) in [6.07, 6.45) is 1.35. The van der Waals surface area contributed by atoms with E-state index in [2.05, 4.69) is 10.5 Å². The molecule has 0 unspecified atom stereocenters. The molecule has 0 heterocycles. The van der Waals surface area contributed by atoms with Crippen LogP contribution in [0.1, 0.15) is 15.9 Å². The Bertz CT molecular complexity index is 636. The van der Waals surface area contributed by atoms with Crippen molar-refractivity contribution in [1.29, 1.82) is 0 Å². The van der Waals surface area contributed by atoms with Gasteiger partial charge in [0.1, 0.15) is 5.82 Å². The van der Waals surface area contributed by atoms with Crippen molar-refractivity contribution < 1.29 is 9.18 Å². The predicted molar refractivity (Wildman–Crippen MR) is 77.9 cm³/mol. The Balaban J connectivity index is 2.06. The Morgan fingerprint density at radius 1 is 1.10 bits per heavy atom. The molecule has 0 saturated carbocycles. The third-order valence-corrected chi connectivity index (χ3v) is 3.13. The van der Waals surface area contributed by atoms with Crippen molar-refractivity contribution >= 4 is 35.3 Å². The van der Waals surface area contributed by atoms with Crippen molar-refractivity contribution in [3.8, 4) is 0 Å². The maximum atomic E-state index is 12.7. The first-order chi connectivity index (χ1) is 9.58. The molecule has 0 bridgehead atoms. The van der Waals surface area contributed by atoms with E-state index >= 15 is 0 Å². The highest BCUT2D eigenvalue weighted by Gasteiger charge is 2.05. The number of hydrogen-bond donors (Lipinski definition) is 1. The fraction of sp³-hybridized carbons (Fsp3) is 0. The van der Waals surface area contributed by atoms with Crippen LogP contribution >= 0.6 is 23.2 Å². The minimum Gasteiger partial charge on any atom is -0.267 e. The molecule has 20 heavy (non-hydrogen) atoms. The molecule has 0 aliphatic rings. The Kier molecular flexibility index (Phi) is 4.71. The average Bonchev–Trinajstić information content (AvgIpc) is 2.42. The molecule has 3 nitrogen and oxygen atoms in total. The summed E-state index contributed by atoms with van der Waals surface area (Å²) in [5.41, 5.74) is 3.12. The average molecular weight is 311 g/mol. The Labute approximate surface area is 125 Å². The zero-order valence-electron chi connectivity index (χ0n) is 10.1. The summed E-state index contributed by atoms with van der Waals surface area (Å²) in [5.74, 6) is -0.864. The Hall–Kier alpha value is -1.91. The molecule has 0 radical (unpaired) electrons. The van der Waals surface area contributed by atoms with Crippen LogP contribution in [0.4, 0.5) is 4.39 Å². The number of rotatable bonds is 3. The normalized spacial score (nSPS) is 10.8. The van der Waals surface area contributed by atoms with Gasteiger partial charge in [-0.25, -0.2) is 9.82 Å². The van der Waals surface area contributed by atoms with Gasteiger partial charge >= 0.3 is 0 Å². The van der Waals surface area contributed by atoms with E-state index in [0.717, 1.165) is 0 Å². The second-order valence-corrected chi connectivity index (χ2v) is 4.66. The van der Waals surface area contributed by atoms with Gasteiger partial charge in [0, 0.05) is 11.1 Å². The highest BCUT2D eigenvalue weighted by molar-refractivity contribution is 6.38. The number of benzene rings is 2. The van der Waals surface area contributed by atoms with Crippen LogP contribution in [0.15, 0.2) is 47.6 Å². The highest BCUT2D eigenvalue weighted by Crippen LogP contribution is 2.21. The molecule has 0 aliphatic heterocycles. The van der Waals surface area contributed by atoms with Crippen molar-refractivity contribution in [1.82, 2.24) is 5.43 Å². The van der Waals surface area contributed by atoms with Crippen molar-refractivity contribution in [2.75, 3.05) is 0 Å². The van der Waals surface area contributed by atoms with Crippen LogP contribution in [0.25, 0.3) is 0 Å². The molecule has 0 aromatic heterocycles. The monoisotopic (exact) mass is 310 g/mol. The molecule has 0 atom stereocenters. The lowest BCUT2D eigenvalue weighted by molar-refractivity contribution is 0.0955. The molecule has 1 amide bonds. The quantitative estimate of drug-likeness (QED) is 0.678. The van der Waals surface area contributed by atoms with Gasteiger partial charge in [0.2, 0.25) is 0 Å². The Morgan fingerprint density at radius 3 is 2.30 bits per heavy atom. The van der Waals surface area contributed by atoms with Gasteiger partial charge in [-0.2, -0.15) is 5.10 Å². The van der Waals surface area contributed by atoms with Gasteiger partial charge in [-0.15, -0.1) is 0 Å². The number of amides is 1. The predicted octanol–water partition coefficient (Wildman–Crippen LogP) is 3.90. The van der Waals surface area contributed by atoms with Gasteiger partial charge in [-0.05, 0) is 36.4 Å². The molecule has 0 fully saturated rings.